The molecule has 0 aliphatic heterocycles. The van der Waals surface area contributed by atoms with Gasteiger partial charge in [0.25, 0.3) is 5.91 Å². The molecule has 2 aromatic carbocycles. The van der Waals surface area contributed by atoms with E-state index >= 15 is 0 Å². The SMILES string of the molecule is O=C(Nc1nc2c(s1)CCC2C(=O)Nc1ccc(Cl)c(Cl)c1)c1ccc(F)cc1. The number of hydrogen-bond donors (Lipinski definition) is 2. The molecule has 29 heavy (non-hydrogen) atoms. The maximum atomic E-state index is 13.0. The average molecular weight is 450 g/mol. The first-order valence-corrected chi connectivity index (χ1v) is 10.3. The molecule has 0 spiro atoms. The van der Waals surface area contributed by atoms with E-state index in [1.807, 2.05) is 0 Å². The van der Waals surface area contributed by atoms with Crippen molar-refractivity contribution >= 4 is 57.2 Å². The molecule has 1 heterocycles. The van der Waals surface area contributed by atoms with Crippen molar-refractivity contribution in [3.05, 3.63) is 74.5 Å². The molecule has 5 nitrogen and oxygen atoms in total. The van der Waals surface area contributed by atoms with Crippen LogP contribution in [-0.4, -0.2) is 16.8 Å². The number of nitrogens with zero attached hydrogens (tertiary/aromatic N) is 1. The van der Waals surface area contributed by atoms with Gasteiger partial charge >= 0.3 is 0 Å². The van der Waals surface area contributed by atoms with Gasteiger partial charge < -0.3 is 5.32 Å². The third-order valence-electron chi connectivity index (χ3n) is 4.55. The van der Waals surface area contributed by atoms with Crippen LogP contribution in [0.5, 0.6) is 0 Å². The molecule has 1 unspecified atom stereocenters. The second kappa shape index (κ2) is 8.10. The molecule has 1 aliphatic rings. The molecule has 1 aliphatic carbocycles. The third kappa shape index (κ3) is 4.27. The van der Waals surface area contributed by atoms with Crippen LogP contribution in [-0.2, 0) is 11.2 Å². The van der Waals surface area contributed by atoms with E-state index in [1.54, 1.807) is 18.2 Å². The van der Waals surface area contributed by atoms with Gasteiger partial charge in [0, 0.05) is 16.1 Å². The van der Waals surface area contributed by atoms with Crippen LogP contribution in [0.25, 0.3) is 0 Å². The summed E-state index contributed by atoms with van der Waals surface area (Å²) in [5, 5.41) is 6.73. The maximum Gasteiger partial charge on any atom is 0.257 e. The number of rotatable bonds is 4. The van der Waals surface area contributed by atoms with Gasteiger partial charge in [-0.3, -0.25) is 14.9 Å². The third-order valence-corrected chi connectivity index (χ3v) is 6.33. The number of aromatic nitrogens is 1. The predicted molar refractivity (Wildman–Crippen MR) is 113 cm³/mol. The van der Waals surface area contributed by atoms with E-state index in [-0.39, 0.29) is 11.8 Å². The highest BCUT2D eigenvalue weighted by Gasteiger charge is 2.33. The van der Waals surface area contributed by atoms with Crippen LogP contribution >= 0.6 is 34.5 Å². The zero-order valence-corrected chi connectivity index (χ0v) is 17.2. The number of hydrogen-bond acceptors (Lipinski definition) is 4. The fraction of sp³-hybridized carbons (Fsp3) is 0.150. The fourth-order valence-electron chi connectivity index (χ4n) is 3.11. The highest BCUT2D eigenvalue weighted by atomic mass is 35.5. The van der Waals surface area contributed by atoms with Crippen LogP contribution < -0.4 is 10.6 Å². The first-order chi connectivity index (χ1) is 13.9. The number of carbonyl (C=O) groups is 2. The number of fused-ring (bicyclic) bond motifs is 1. The molecular formula is C20H14Cl2FN3O2S. The number of halogens is 3. The molecule has 9 heteroatoms. The van der Waals surface area contributed by atoms with Crippen LogP contribution in [0.3, 0.4) is 0 Å². The van der Waals surface area contributed by atoms with Crippen molar-refractivity contribution in [1.29, 1.82) is 0 Å². The summed E-state index contributed by atoms with van der Waals surface area (Å²) in [5.74, 6) is -1.39. The number of benzene rings is 2. The van der Waals surface area contributed by atoms with Gasteiger partial charge in [0.15, 0.2) is 5.13 Å². The molecule has 0 radical (unpaired) electrons. The number of amides is 2. The van der Waals surface area contributed by atoms with E-state index in [2.05, 4.69) is 15.6 Å². The molecule has 0 saturated heterocycles. The Balaban J connectivity index is 1.46. The van der Waals surface area contributed by atoms with Crippen molar-refractivity contribution < 1.29 is 14.0 Å². The van der Waals surface area contributed by atoms with E-state index in [0.29, 0.717) is 45.0 Å². The zero-order chi connectivity index (χ0) is 20.5. The number of carbonyl (C=O) groups excluding carboxylic acids is 2. The summed E-state index contributed by atoms with van der Waals surface area (Å²) in [7, 11) is 0. The number of anilines is 2. The van der Waals surface area contributed by atoms with Crippen molar-refractivity contribution in [3.8, 4) is 0 Å². The minimum atomic E-state index is -0.411. The molecule has 0 fully saturated rings. The zero-order valence-electron chi connectivity index (χ0n) is 14.8. The minimum Gasteiger partial charge on any atom is -0.325 e. The smallest absolute Gasteiger partial charge is 0.257 e. The van der Waals surface area contributed by atoms with Gasteiger partial charge in [0.2, 0.25) is 5.91 Å². The fourth-order valence-corrected chi connectivity index (χ4v) is 4.44. The number of aryl methyl sites for hydroxylation is 1. The average Bonchev–Trinajstić information content (AvgIpc) is 3.25. The minimum absolute atomic E-state index is 0.191. The molecule has 4 rings (SSSR count). The first-order valence-electron chi connectivity index (χ1n) is 8.73. The molecule has 148 valence electrons. The van der Waals surface area contributed by atoms with Crippen LogP contribution in [0.15, 0.2) is 42.5 Å². The van der Waals surface area contributed by atoms with E-state index in [1.165, 1.54) is 35.6 Å². The molecule has 2 N–H and O–H groups in total. The van der Waals surface area contributed by atoms with Crippen molar-refractivity contribution in [2.45, 2.75) is 18.8 Å². The Morgan fingerprint density at radius 1 is 1.07 bits per heavy atom. The summed E-state index contributed by atoms with van der Waals surface area (Å²) >= 11 is 13.2. The van der Waals surface area contributed by atoms with E-state index < -0.39 is 11.7 Å². The van der Waals surface area contributed by atoms with Crippen molar-refractivity contribution in [2.24, 2.45) is 0 Å². The lowest BCUT2D eigenvalue weighted by Gasteiger charge is -2.11. The van der Waals surface area contributed by atoms with Gasteiger partial charge in [-0.25, -0.2) is 9.37 Å². The van der Waals surface area contributed by atoms with E-state index in [4.69, 9.17) is 23.2 Å². The lowest BCUT2D eigenvalue weighted by atomic mass is 10.1. The molecule has 0 bridgehead atoms. The molecule has 1 atom stereocenters. The van der Waals surface area contributed by atoms with Crippen LogP contribution in [0.1, 0.15) is 33.3 Å². The van der Waals surface area contributed by atoms with Crippen molar-refractivity contribution in [3.63, 3.8) is 0 Å². The van der Waals surface area contributed by atoms with Crippen molar-refractivity contribution in [1.82, 2.24) is 4.98 Å². The number of thiazole rings is 1. The number of nitrogens with one attached hydrogen (secondary N) is 2. The second-order valence-electron chi connectivity index (χ2n) is 6.50. The Labute approximate surface area is 179 Å². The van der Waals surface area contributed by atoms with Crippen molar-refractivity contribution in [2.75, 3.05) is 10.6 Å². The highest BCUT2D eigenvalue weighted by Crippen LogP contribution is 2.39. The van der Waals surface area contributed by atoms with Gasteiger partial charge in [-0.2, -0.15) is 0 Å². The largest absolute Gasteiger partial charge is 0.325 e. The standard InChI is InChI=1S/C20H14Cl2FN3O2S/c21-14-7-5-12(9-15(14)22)24-19(28)13-6-8-16-17(13)25-20(29-16)26-18(27)10-1-3-11(23)4-2-10/h1-5,7,9,13H,6,8H2,(H,24,28)(H,25,26,27). The lowest BCUT2D eigenvalue weighted by Crippen LogP contribution is -2.20. The maximum absolute atomic E-state index is 13.0. The summed E-state index contributed by atoms with van der Waals surface area (Å²) in [5.41, 5.74) is 1.55. The molecule has 2 amide bonds. The summed E-state index contributed by atoms with van der Waals surface area (Å²) in [6.07, 6.45) is 1.35. The Kier molecular flexibility index (Phi) is 5.54. The predicted octanol–water partition coefficient (Wildman–Crippen LogP) is 5.51. The Bertz CT molecular complexity index is 1100. The van der Waals surface area contributed by atoms with Gasteiger partial charge in [0.05, 0.1) is 21.7 Å². The van der Waals surface area contributed by atoms with Crippen LogP contribution in [0.2, 0.25) is 10.0 Å². The Hall–Kier alpha value is -2.48. The molecule has 0 saturated carbocycles. The lowest BCUT2D eigenvalue weighted by molar-refractivity contribution is -0.117. The van der Waals surface area contributed by atoms with Gasteiger partial charge in [-0.15, -0.1) is 11.3 Å². The molecule has 3 aromatic rings. The summed E-state index contributed by atoms with van der Waals surface area (Å²) < 4.78 is 13.0. The van der Waals surface area contributed by atoms with E-state index in [0.717, 1.165) is 4.88 Å². The quantitative estimate of drug-likeness (QED) is 0.551. The van der Waals surface area contributed by atoms with Gasteiger partial charge in [-0.05, 0) is 55.3 Å². The van der Waals surface area contributed by atoms with E-state index in [9.17, 15) is 14.0 Å². The highest BCUT2D eigenvalue weighted by molar-refractivity contribution is 7.16. The van der Waals surface area contributed by atoms with Gasteiger partial charge in [0.1, 0.15) is 5.82 Å². The molecule has 1 aromatic heterocycles. The first kappa shape index (κ1) is 19.8. The van der Waals surface area contributed by atoms with Crippen LogP contribution in [0, 0.1) is 5.82 Å². The summed E-state index contributed by atoms with van der Waals surface area (Å²) in [6, 6.07) is 10.1. The summed E-state index contributed by atoms with van der Waals surface area (Å²) in [4.78, 5) is 30.4. The Morgan fingerprint density at radius 2 is 1.83 bits per heavy atom. The second-order valence-corrected chi connectivity index (χ2v) is 8.40. The summed E-state index contributed by atoms with van der Waals surface area (Å²) in [6.45, 7) is 0. The monoisotopic (exact) mass is 449 g/mol. The topological polar surface area (TPSA) is 71.1 Å². The Morgan fingerprint density at radius 3 is 2.55 bits per heavy atom. The van der Waals surface area contributed by atoms with Gasteiger partial charge in [-0.1, -0.05) is 23.2 Å². The van der Waals surface area contributed by atoms with Crippen LogP contribution in [0.4, 0.5) is 15.2 Å². The molecular weight excluding hydrogens is 436 g/mol. The normalized spacial score (nSPS) is 15.1.